The van der Waals surface area contributed by atoms with Gasteiger partial charge in [0.2, 0.25) is 0 Å². The third-order valence-electron chi connectivity index (χ3n) is 4.88. The van der Waals surface area contributed by atoms with Crippen molar-refractivity contribution in [3.05, 3.63) is 54.1 Å². The summed E-state index contributed by atoms with van der Waals surface area (Å²) in [6.07, 6.45) is 1.06. The fourth-order valence-corrected chi connectivity index (χ4v) is 12.2. The zero-order chi connectivity index (χ0) is 21.5. The van der Waals surface area contributed by atoms with E-state index < -0.39 is 22.7 Å². The highest BCUT2D eigenvalue weighted by atomic mass is 28.4. The van der Waals surface area contributed by atoms with E-state index in [0.717, 1.165) is 29.8 Å². The second kappa shape index (κ2) is 10.3. The molecule has 7 heteroatoms. The number of ether oxygens (including phenoxy) is 1. The highest BCUT2D eigenvalue weighted by Crippen LogP contribution is 2.28. The van der Waals surface area contributed by atoms with Crippen LogP contribution >= 0.6 is 0 Å². The maximum atomic E-state index is 10.4. The van der Waals surface area contributed by atoms with Gasteiger partial charge in [0.25, 0.3) is 0 Å². The third-order valence-corrected chi connectivity index (χ3v) is 12.4. The van der Waals surface area contributed by atoms with E-state index in [9.17, 15) is 15.3 Å². The van der Waals surface area contributed by atoms with Crippen molar-refractivity contribution in [1.82, 2.24) is 0 Å². The lowest BCUT2D eigenvalue weighted by atomic mass is 10.1. The summed E-state index contributed by atoms with van der Waals surface area (Å²) in [4.78, 5) is 0. The summed E-state index contributed by atoms with van der Waals surface area (Å²) in [6, 6.07) is 15.4. The smallest absolute Gasteiger partial charge is 0.173 e. The molecule has 5 nitrogen and oxygen atoms in total. The molecular formula is C22H34O5Si2. The predicted octanol–water partition coefficient (Wildman–Crippen LogP) is 5.42. The molecule has 29 heavy (non-hydrogen) atoms. The Balaban J connectivity index is 1.74. The fourth-order valence-electron chi connectivity index (χ4n) is 3.43. The third kappa shape index (κ3) is 8.61. The Labute approximate surface area is 176 Å². The van der Waals surface area contributed by atoms with Crippen molar-refractivity contribution in [2.45, 2.75) is 57.2 Å². The molecule has 0 saturated heterocycles. The number of rotatable bonds is 11. The minimum atomic E-state index is -1.89. The van der Waals surface area contributed by atoms with Crippen LogP contribution in [0.4, 0.5) is 0 Å². The molecule has 3 N–H and O–H groups in total. The van der Waals surface area contributed by atoms with E-state index >= 15 is 0 Å². The van der Waals surface area contributed by atoms with E-state index in [4.69, 9.17) is 8.85 Å². The molecule has 0 amide bonds. The van der Waals surface area contributed by atoms with Gasteiger partial charge in [-0.25, -0.2) is 0 Å². The quantitative estimate of drug-likeness (QED) is 0.325. The second-order valence-corrected chi connectivity index (χ2v) is 17.6. The zero-order valence-corrected chi connectivity index (χ0v) is 19.9. The van der Waals surface area contributed by atoms with E-state index in [1.165, 1.54) is 0 Å². The molecule has 0 bridgehead atoms. The minimum absolute atomic E-state index is 0.209. The first-order chi connectivity index (χ1) is 13.6. The van der Waals surface area contributed by atoms with Crippen LogP contribution in [0.25, 0.3) is 0 Å². The Hall–Kier alpha value is -1.81. The SMILES string of the molecule is C[Si](C)(CCCOc1ccc(O)cc1)O[Si](C)(C)CCC(O)c1ccc(O)cc1. The van der Waals surface area contributed by atoms with Gasteiger partial charge in [-0.1, -0.05) is 12.1 Å². The molecule has 1 atom stereocenters. The van der Waals surface area contributed by atoms with Gasteiger partial charge < -0.3 is 24.2 Å². The Morgan fingerprint density at radius 1 is 0.793 bits per heavy atom. The van der Waals surface area contributed by atoms with Gasteiger partial charge in [-0.2, -0.15) is 0 Å². The van der Waals surface area contributed by atoms with Crippen LogP contribution in [0.2, 0.25) is 38.3 Å². The summed E-state index contributed by atoms with van der Waals surface area (Å²) in [6.45, 7) is 9.57. The van der Waals surface area contributed by atoms with Gasteiger partial charge >= 0.3 is 0 Å². The molecule has 0 aliphatic heterocycles. The maximum Gasteiger partial charge on any atom is 0.173 e. The summed E-state index contributed by atoms with van der Waals surface area (Å²) < 4.78 is 12.4. The first-order valence-electron chi connectivity index (χ1n) is 10.2. The molecule has 0 saturated carbocycles. The van der Waals surface area contributed by atoms with E-state index in [0.29, 0.717) is 13.0 Å². The minimum Gasteiger partial charge on any atom is -0.508 e. The monoisotopic (exact) mass is 434 g/mol. The Morgan fingerprint density at radius 2 is 1.31 bits per heavy atom. The van der Waals surface area contributed by atoms with Gasteiger partial charge in [0.05, 0.1) is 12.7 Å². The Kier molecular flexibility index (Phi) is 8.33. The molecule has 160 valence electrons. The van der Waals surface area contributed by atoms with Gasteiger partial charge in [-0.3, -0.25) is 0 Å². The van der Waals surface area contributed by atoms with Crippen LogP contribution in [0.15, 0.2) is 48.5 Å². The zero-order valence-electron chi connectivity index (χ0n) is 17.9. The predicted molar refractivity (Wildman–Crippen MR) is 122 cm³/mol. The molecule has 0 aromatic heterocycles. The number of phenols is 2. The van der Waals surface area contributed by atoms with Crippen LogP contribution in [0.5, 0.6) is 17.2 Å². The van der Waals surface area contributed by atoms with E-state index in [1.54, 1.807) is 48.5 Å². The first kappa shape index (κ1) is 23.5. The number of phenolic OH excluding ortho intramolecular Hbond substituents is 2. The van der Waals surface area contributed by atoms with Gasteiger partial charge in [0.1, 0.15) is 17.2 Å². The van der Waals surface area contributed by atoms with E-state index in [2.05, 4.69) is 26.2 Å². The second-order valence-electron chi connectivity index (χ2n) is 8.71. The lowest BCUT2D eigenvalue weighted by molar-refractivity contribution is 0.172. The number of hydrogen-bond acceptors (Lipinski definition) is 5. The summed E-state index contributed by atoms with van der Waals surface area (Å²) in [5, 5.41) is 29.1. The molecule has 2 aromatic carbocycles. The number of benzene rings is 2. The standard InChI is InChI=1S/C22H34O5Si2/c1-28(2,16-5-15-26-21-12-10-20(24)11-13-21)27-29(3,4)17-14-22(25)18-6-8-19(23)9-7-18/h6-13,22-25H,5,14-17H2,1-4H3. The van der Waals surface area contributed by atoms with E-state index in [-0.39, 0.29) is 11.5 Å². The lowest BCUT2D eigenvalue weighted by Crippen LogP contribution is -2.44. The molecule has 0 spiro atoms. The van der Waals surface area contributed by atoms with E-state index in [1.807, 2.05) is 0 Å². The average Bonchev–Trinajstić information content (AvgIpc) is 2.64. The van der Waals surface area contributed by atoms with Crippen molar-refractivity contribution in [2.24, 2.45) is 0 Å². The summed E-state index contributed by atoms with van der Waals surface area (Å²) in [7, 11) is -3.71. The number of aliphatic hydroxyl groups excluding tert-OH is 1. The normalized spacial score (nSPS) is 13.3. The topological polar surface area (TPSA) is 79.2 Å². The molecule has 0 aliphatic rings. The van der Waals surface area contributed by atoms with Crippen LogP contribution in [0.3, 0.4) is 0 Å². The molecule has 2 aromatic rings. The van der Waals surface area contributed by atoms with Crippen molar-refractivity contribution >= 4 is 16.6 Å². The van der Waals surface area contributed by atoms with Crippen LogP contribution in [-0.4, -0.2) is 38.6 Å². The van der Waals surface area contributed by atoms with Crippen LogP contribution in [-0.2, 0) is 4.12 Å². The highest BCUT2D eigenvalue weighted by molar-refractivity contribution is 6.84. The lowest BCUT2D eigenvalue weighted by Gasteiger charge is -2.34. The van der Waals surface area contributed by atoms with Crippen molar-refractivity contribution < 1.29 is 24.2 Å². The van der Waals surface area contributed by atoms with Crippen LogP contribution < -0.4 is 4.74 Å². The highest BCUT2D eigenvalue weighted by Gasteiger charge is 2.33. The number of aromatic hydroxyl groups is 2. The molecule has 1 unspecified atom stereocenters. The van der Waals surface area contributed by atoms with Crippen molar-refractivity contribution in [3.63, 3.8) is 0 Å². The summed E-state index contributed by atoms with van der Waals surface area (Å²) >= 11 is 0. The van der Waals surface area contributed by atoms with Crippen LogP contribution in [0, 0.1) is 0 Å². The van der Waals surface area contributed by atoms with Gasteiger partial charge in [0.15, 0.2) is 16.6 Å². The Morgan fingerprint density at radius 3 is 1.90 bits per heavy atom. The largest absolute Gasteiger partial charge is 0.508 e. The average molecular weight is 435 g/mol. The summed E-state index contributed by atoms with van der Waals surface area (Å²) in [5.41, 5.74) is 0.829. The van der Waals surface area contributed by atoms with Gasteiger partial charge in [-0.15, -0.1) is 0 Å². The molecule has 0 aliphatic carbocycles. The molecule has 0 radical (unpaired) electrons. The maximum absolute atomic E-state index is 10.4. The molecular weight excluding hydrogens is 400 g/mol. The van der Waals surface area contributed by atoms with Crippen molar-refractivity contribution in [3.8, 4) is 17.2 Å². The van der Waals surface area contributed by atoms with Crippen molar-refractivity contribution in [2.75, 3.05) is 6.61 Å². The summed E-state index contributed by atoms with van der Waals surface area (Å²) in [5.74, 6) is 1.21. The van der Waals surface area contributed by atoms with Crippen LogP contribution in [0.1, 0.15) is 24.5 Å². The number of hydrogen-bond donors (Lipinski definition) is 3. The number of aliphatic hydroxyl groups is 1. The molecule has 0 fully saturated rings. The van der Waals surface area contributed by atoms with Gasteiger partial charge in [0, 0.05) is 0 Å². The molecule has 2 rings (SSSR count). The molecule has 0 heterocycles. The van der Waals surface area contributed by atoms with Gasteiger partial charge in [-0.05, 0) is 93.1 Å². The first-order valence-corrected chi connectivity index (χ1v) is 16.4. The van der Waals surface area contributed by atoms with Crippen molar-refractivity contribution in [1.29, 1.82) is 0 Å². The Bertz CT molecular complexity index is 745. The fraction of sp³-hybridized carbons (Fsp3) is 0.455.